The van der Waals surface area contributed by atoms with Gasteiger partial charge in [-0.25, -0.2) is 0 Å². The van der Waals surface area contributed by atoms with E-state index in [0.29, 0.717) is 25.8 Å². The first-order chi connectivity index (χ1) is 11.7. The molecule has 1 aliphatic heterocycles. The normalized spacial score (nSPS) is 31.2. The second-order valence-corrected chi connectivity index (χ2v) is 7.91. The summed E-state index contributed by atoms with van der Waals surface area (Å²) in [5, 5.41) is 11.1. The molecule has 0 aromatic rings. The van der Waals surface area contributed by atoms with Gasteiger partial charge in [-0.1, -0.05) is 40.0 Å². The third kappa shape index (κ3) is 3.65. The minimum atomic E-state index is -2.04. The summed E-state index contributed by atoms with van der Waals surface area (Å²) < 4.78 is 0. The molecular formula is C19H32N2O4. The van der Waals surface area contributed by atoms with Crippen molar-refractivity contribution in [3.8, 4) is 0 Å². The quantitative estimate of drug-likeness (QED) is 0.533. The lowest BCUT2D eigenvalue weighted by atomic mass is 9.86. The first-order valence-electron chi connectivity index (χ1n) is 9.61. The van der Waals surface area contributed by atoms with Gasteiger partial charge < -0.3 is 15.7 Å². The molecule has 6 heteroatoms. The molecule has 0 aromatic heterocycles. The zero-order valence-electron chi connectivity index (χ0n) is 15.7. The van der Waals surface area contributed by atoms with Crippen LogP contribution in [0.1, 0.15) is 65.7 Å². The number of hydrogen-bond acceptors (Lipinski definition) is 5. The van der Waals surface area contributed by atoms with Crippen LogP contribution in [0.15, 0.2) is 0 Å². The number of amides is 1. The Balaban J connectivity index is 2.18. The molecule has 2 fully saturated rings. The summed E-state index contributed by atoms with van der Waals surface area (Å²) in [5.74, 6) is -1.56. The SMILES string of the molecule is CCCCCC1CC(=O)C(O)([C@@H]2CCCN2C(=O)[C@@H](N)C(C)C)C1=O. The van der Waals surface area contributed by atoms with Crippen molar-refractivity contribution >= 4 is 17.5 Å². The molecule has 2 unspecified atom stereocenters. The Bertz CT molecular complexity index is 534. The van der Waals surface area contributed by atoms with Crippen molar-refractivity contribution in [3.05, 3.63) is 0 Å². The Morgan fingerprint density at radius 1 is 1.36 bits per heavy atom. The predicted octanol–water partition coefficient (Wildman–Crippen LogP) is 1.43. The second-order valence-electron chi connectivity index (χ2n) is 7.91. The molecule has 1 aliphatic carbocycles. The minimum absolute atomic E-state index is 0.0415. The lowest BCUT2D eigenvalue weighted by Crippen LogP contribution is -2.61. The van der Waals surface area contributed by atoms with Crippen LogP contribution in [0, 0.1) is 11.8 Å². The molecular weight excluding hydrogens is 320 g/mol. The lowest BCUT2D eigenvalue weighted by Gasteiger charge is -2.36. The molecule has 3 N–H and O–H groups in total. The fourth-order valence-electron chi connectivity index (χ4n) is 4.09. The Morgan fingerprint density at radius 2 is 2.04 bits per heavy atom. The molecule has 25 heavy (non-hydrogen) atoms. The smallest absolute Gasteiger partial charge is 0.240 e. The molecule has 0 spiro atoms. The van der Waals surface area contributed by atoms with E-state index in [2.05, 4.69) is 6.92 Å². The van der Waals surface area contributed by atoms with Gasteiger partial charge in [0.1, 0.15) is 0 Å². The highest BCUT2D eigenvalue weighted by Gasteiger charge is 2.60. The second kappa shape index (κ2) is 7.96. The van der Waals surface area contributed by atoms with Crippen molar-refractivity contribution in [2.45, 2.75) is 83.4 Å². The summed E-state index contributed by atoms with van der Waals surface area (Å²) in [5.41, 5.74) is 3.94. The Morgan fingerprint density at radius 3 is 2.64 bits per heavy atom. The number of ketones is 2. The number of carbonyl (C=O) groups excluding carboxylic acids is 3. The van der Waals surface area contributed by atoms with Gasteiger partial charge in [-0.3, -0.25) is 14.4 Å². The first kappa shape index (κ1) is 20.0. The van der Waals surface area contributed by atoms with Gasteiger partial charge in [0.15, 0.2) is 11.6 Å². The van der Waals surface area contributed by atoms with Gasteiger partial charge in [-0.05, 0) is 25.2 Å². The molecule has 2 rings (SSSR count). The van der Waals surface area contributed by atoms with Crippen molar-refractivity contribution in [1.29, 1.82) is 0 Å². The van der Waals surface area contributed by atoms with Gasteiger partial charge in [-0.2, -0.15) is 0 Å². The van der Waals surface area contributed by atoms with Gasteiger partial charge in [-0.15, -0.1) is 0 Å². The highest BCUT2D eigenvalue weighted by atomic mass is 16.3. The standard InChI is InChI=1S/C19H32N2O4/c1-4-5-6-8-13-11-15(22)19(25,17(13)23)14-9-7-10-21(14)18(24)16(20)12(2)3/h12-14,16,25H,4-11,20H2,1-3H3/t13?,14-,16-,19?/m0/s1. The summed E-state index contributed by atoms with van der Waals surface area (Å²) in [6, 6.07) is -1.45. The predicted molar refractivity (Wildman–Crippen MR) is 94.8 cm³/mol. The highest BCUT2D eigenvalue weighted by molar-refractivity contribution is 6.18. The summed E-state index contributed by atoms with van der Waals surface area (Å²) >= 11 is 0. The van der Waals surface area contributed by atoms with E-state index in [9.17, 15) is 19.5 Å². The monoisotopic (exact) mass is 352 g/mol. The number of carbonyl (C=O) groups is 3. The average molecular weight is 352 g/mol. The maximum absolute atomic E-state index is 12.9. The average Bonchev–Trinajstić information content (AvgIpc) is 3.14. The fourth-order valence-corrected chi connectivity index (χ4v) is 4.09. The summed E-state index contributed by atoms with van der Waals surface area (Å²) in [7, 11) is 0. The van der Waals surface area contributed by atoms with Crippen LogP contribution in [0.4, 0.5) is 0 Å². The van der Waals surface area contributed by atoms with E-state index in [-0.39, 0.29) is 18.2 Å². The summed E-state index contributed by atoms with van der Waals surface area (Å²) in [6.07, 6.45) is 4.78. The zero-order valence-corrected chi connectivity index (χ0v) is 15.7. The van der Waals surface area contributed by atoms with Crippen LogP contribution in [-0.2, 0) is 14.4 Å². The van der Waals surface area contributed by atoms with Crippen LogP contribution in [0.3, 0.4) is 0 Å². The van der Waals surface area contributed by atoms with Crippen molar-refractivity contribution in [2.75, 3.05) is 6.54 Å². The van der Waals surface area contributed by atoms with Crippen LogP contribution < -0.4 is 5.73 Å². The van der Waals surface area contributed by atoms with E-state index in [4.69, 9.17) is 5.73 Å². The van der Waals surface area contributed by atoms with E-state index in [0.717, 1.165) is 19.3 Å². The molecule has 0 bridgehead atoms. The maximum Gasteiger partial charge on any atom is 0.240 e. The van der Waals surface area contributed by atoms with E-state index in [1.165, 1.54) is 4.90 Å². The number of aliphatic hydroxyl groups is 1. The summed E-state index contributed by atoms with van der Waals surface area (Å²) in [4.78, 5) is 39.6. The van der Waals surface area contributed by atoms with Crippen LogP contribution in [0.5, 0.6) is 0 Å². The minimum Gasteiger partial charge on any atom is -0.373 e. The number of hydrogen-bond donors (Lipinski definition) is 2. The van der Waals surface area contributed by atoms with Crippen LogP contribution in [0.2, 0.25) is 0 Å². The summed E-state index contributed by atoms with van der Waals surface area (Å²) in [6.45, 7) is 6.24. The molecule has 0 aromatic carbocycles. The molecule has 2 aliphatic rings. The third-order valence-corrected chi connectivity index (χ3v) is 5.78. The fraction of sp³-hybridized carbons (Fsp3) is 0.842. The van der Waals surface area contributed by atoms with Gasteiger partial charge >= 0.3 is 0 Å². The van der Waals surface area contributed by atoms with Gasteiger partial charge in [0, 0.05) is 18.9 Å². The number of nitrogens with zero attached hydrogens (tertiary/aromatic N) is 1. The number of Topliss-reactive ketones (excluding diaryl/α,β-unsaturated/α-hetero) is 2. The largest absolute Gasteiger partial charge is 0.373 e. The molecule has 6 nitrogen and oxygen atoms in total. The third-order valence-electron chi connectivity index (χ3n) is 5.78. The molecule has 142 valence electrons. The van der Waals surface area contributed by atoms with Crippen molar-refractivity contribution < 1.29 is 19.5 Å². The molecule has 1 amide bonds. The number of likely N-dealkylation sites (tertiary alicyclic amines) is 1. The van der Waals surface area contributed by atoms with Crippen molar-refractivity contribution in [3.63, 3.8) is 0 Å². The zero-order chi connectivity index (χ0) is 18.8. The Hall–Kier alpha value is -1.27. The number of unbranched alkanes of at least 4 members (excludes halogenated alkanes) is 2. The van der Waals surface area contributed by atoms with Gasteiger partial charge in [0.25, 0.3) is 0 Å². The maximum atomic E-state index is 12.9. The van der Waals surface area contributed by atoms with Gasteiger partial charge in [0.2, 0.25) is 11.5 Å². The molecule has 1 saturated carbocycles. The van der Waals surface area contributed by atoms with E-state index in [1.54, 1.807) is 0 Å². The number of rotatable bonds is 7. The van der Waals surface area contributed by atoms with E-state index in [1.807, 2.05) is 13.8 Å². The first-order valence-corrected chi connectivity index (χ1v) is 9.61. The molecule has 1 saturated heterocycles. The topological polar surface area (TPSA) is 101 Å². The van der Waals surface area contributed by atoms with Crippen LogP contribution in [0.25, 0.3) is 0 Å². The Kier molecular flexibility index (Phi) is 6.38. The highest BCUT2D eigenvalue weighted by Crippen LogP contribution is 2.39. The van der Waals surface area contributed by atoms with E-state index >= 15 is 0 Å². The molecule has 1 heterocycles. The van der Waals surface area contributed by atoms with Crippen molar-refractivity contribution in [1.82, 2.24) is 4.90 Å². The van der Waals surface area contributed by atoms with Gasteiger partial charge in [0.05, 0.1) is 12.1 Å². The van der Waals surface area contributed by atoms with E-state index < -0.39 is 35.2 Å². The lowest BCUT2D eigenvalue weighted by molar-refractivity contribution is -0.156. The Labute approximate surface area is 150 Å². The molecule has 4 atom stereocenters. The van der Waals surface area contributed by atoms with Crippen molar-refractivity contribution in [2.24, 2.45) is 17.6 Å². The van der Waals surface area contributed by atoms with Crippen LogP contribution in [-0.4, -0.2) is 51.7 Å². The van der Waals surface area contributed by atoms with Crippen LogP contribution >= 0.6 is 0 Å². The molecule has 0 radical (unpaired) electrons. The number of nitrogens with two attached hydrogens (primary N) is 1.